The highest BCUT2D eigenvalue weighted by Crippen LogP contribution is 2.22. The number of aromatic nitrogens is 1. The van der Waals surface area contributed by atoms with Crippen LogP contribution in [-0.2, 0) is 11.2 Å². The van der Waals surface area contributed by atoms with Crippen LogP contribution < -0.4 is 5.32 Å². The van der Waals surface area contributed by atoms with Crippen LogP contribution >= 0.6 is 0 Å². The summed E-state index contributed by atoms with van der Waals surface area (Å²) in [5.41, 5.74) is 1.32. The molecule has 1 aromatic rings. The van der Waals surface area contributed by atoms with Gasteiger partial charge in [-0.25, -0.2) is 0 Å². The Morgan fingerprint density at radius 1 is 1.36 bits per heavy atom. The number of piperidine rings is 1. The Labute approximate surface area is 134 Å². The number of carbonyl (C=O) groups excluding carboxylic acids is 1. The van der Waals surface area contributed by atoms with Crippen molar-refractivity contribution in [1.29, 1.82) is 0 Å². The fourth-order valence-electron chi connectivity index (χ4n) is 3.01. The third-order valence-electron chi connectivity index (χ3n) is 4.51. The van der Waals surface area contributed by atoms with Crippen LogP contribution in [0.5, 0.6) is 0 Å². The number of rotatable bonds is 6. The van der Waals surface area contributed by atoms with E-state index in [2.05, 4.69) is 35.1 Å². The van der Waals surface area contributed by atoms with Gasteiger partial charge in [0.2, 0.25) is 5.91 Å². The van der Waals surface area contributed by atoms with Crippen molar-refractivity contribution in [3.05, 3.63) is 30.1 Å². The van der Waals surface area contributed by atoms with Gasteiger partial charge in [-0.2, -0.15) is 0 Å². The van der Waals surface area contributed by atoms with Crippen LogP contribution in [0, 0.1) is 11.8 Å². The van der Waals surface area contributed by atoms with Crippen molar-refractivity contribution in [2.45, 2.75) is 46.1 Å². The van der Waals surface area contributed by atoms with Crippen LogP contribution in [0.4, 0.5) is 0 Å². The normalized spacial score (nSPS) is 18.4. The molecular formula is C18H29N3O. The number of likely N-dealkylation sites (tertiary alicyclic amines) is 1. The third kappa shape index (κ3) is 5.09. The zero-order valence-corrected chi connectivity index (χ0v) is 14.1. The first kappa shape index (κ1) is 16.9. The molecule has 122 valence electrons. The Bertz CT molecular complexity index is 453. The highest BCUT2D eigenvalue weighted by molar-refractivity contribution is 5.81. The molecule has 1 atom stereocenters. The van der Waals surface area contributed by atoms with Crippen molar-refractivity contribution in [3.63, 3.8) is 0 Å². The van der Waals surface area contributed by atoms with Crippen LogP contribution in [0.15, 0.2) is 24.5 Å². The molecule has 4 heteroatoms. The van der Waals surface area contributed by atoms with Crippen LogP contribution in [0.25, 0.3) is 0 Å². The van der Waals surface area contributed by atoms with Crippen LogP contribution in [0.3, 0.4) is 0 Å². The number of carbonyl (C=O) groups is 1. The topological polar surface area (TPSA) is 45.2 Å². The van der Waals surface area contributed by atoms with E-state index in [1.807, 2.05) is 25.4 Å². The molecule has 0 radical (unpaired) electrons. The molecule has 1 aliphatic rings. The van der Waals surface area contributed by atoms with E-state index in [1.54, 1.807) is 0 Å². The van der Waals surface area contributed by atoms with Gasteiger partial charge in [0.25, 0.3) is 0 Å². The Morgan fingerprint density at radius 3 is 2.68 bits per heavy atom. The van der Waals surface area contributed by atoms with Crippen molar-refractivity contribution in [2.75, 3.05) is 19.6 Å². The maximum atomic E-state index is 12.2. The van der Waals surface area contributed by atoms with Crippen molar-refractivity contribution < 1.29 is 4.79 Å². The summed E-state index contributed by atoms with van der Waals surface area (Å²) in [7, 11) is 0. The smallest absolute Gasteiger partial charge is 0.237 e. The van der Waals surface area contributed by atoms with Gasteiger partial charge >= 0.3 is 0 Å². The van der Waals surface area contributed by atoms with Gasteiger partial charge in [-0.15, -0.1) is 0 Å². The van der Waals surface area contributed by atoms with E-state index in [9.17, 15) is 4.79 Å². The lowest BCUT2D eigenvalue weighted by atomic mass is 9.90. The van der Waals surface area contributed by atoms with E-state index >= 15 is 0 Å². The average molecular weight is 303 g/mol. The monoisotopic (exact) mass is 303 g/mol. The van der Waals surface area contributed by atoms with Crippen LogP contribution in [-0.4, -0.2) is 41.5 Å². The maximum absolute atomic E-state index is 12.2. The van der Waals surface area contributed by atoms with Gasteiger partial charge in [0.15, 0.2) is 0 Å². The lowest BCUT2D eigenvalue weighted by Crippen LogP contribution is -2.49. The average Bonchev–Trinajstić information content (AvgIpc) is 2.53. The highest BCUT2D eigenvalue weighted by Gasteiger charge is 2.26. The summed E-state index contributed by atoms with van der Waals surface area (Å²) in [6, 6.07) is 4.14. The summed E-state index contributed by atoms with van der Waals surface area (Å²) in [6.45, 7) is 9.06. The molecule has 2 rings (SSSR count). The summed E-state index contributed by atoms with van der Waals surface area (Å²) >= 11 is 0. The summed E-state index contributed by atoms with van der Waals surface area (Å²) < 4.78 is 0. The molecule has 0 spiro atoms. The molecular weight excluding hydrogens is 274 g/mol. The van der Waals surface area contributed by atoms with E-state index in [1.165, 1.54) is 5.56 Å². The van der Waals surface area contributed by atoms with Crippen molar-refractivity contribution in [2.24, 2.45) is 11.8 Å². The standard InChI is InChI=1S/C18H29N3O/c1-14(2)12-20-18(22)15(3)21-9-6-16(7-10-21)11-17-5-4-8-19-13-17/h4-5,8,13-16H,6-7,9-12H2,1-3H3,(H,20,22)/t15-/m0/s1. The predicted molar refractivity (Wildman–Crippen MR) is 89.5 cm³/mol. The molecule has 0 aromatic carbocycles. The van der Waals surface area contributed by atoms with Gasteiger partial charge in [0.05, 0.1) is 6.04 Å². The second-order valence-electron chi connectivity index (χ2n) is 6.86. The molecule has 4 nitrogen and oxygen atoms in total. The molecule has 1 aliphatic heterocycles. The number of hydrogen-bond acceptors (Lipinski definition) is 3. The first-order chi connectivity index (χ1) is 10.6. The first-order valence-corrected chi connectivity index (χ1v) is 8.47. The summed E-state index contributed by atoms with van der Waals surface area (Å²) in [4.78, 5) is 18.7. The van der Waals surface area contributed by atoms with Gasteiger partial charge < -0.3 is 5.32 Å². The molecule has 2 heterocycles. The van der Waals surface area contributed by atoms with E-state index in [4.69, 9.17) is 0 Å². The molecule has 1 saturated heterocycles. The maximum Gasteiger partial charge on any atom is 0.237 e. The van der Waals surface area contributed by atoms with Gasteiger partial charge in [0, 0.05) is 18.9 Å². The van der Waals surface area contributed by atoms with E-state index < -0.39 is 0 Å². The third-order valence-corrected chi connectivity index (χ3v) is 4.51. The second kappa shape index (κ2) is 8.28. The number of nitrogens with zero attached hydrogens (tertiary/aromatic N) is 2. The number of hydrogen-bond donors (Lipinski definition) is 1. The molecule has 0 unspecified atom stereocenters. The van der Waals surface area contributed by atoms with Gasteiger partial charge in [-0.1, -0.05) is 19.9 Å². The number of pyridine rings is 1. The molecule has 1 fully saturated rings. The Hall–Kier alpha value is -1.42. The number of nitrogens with one attached hydrogen (secondary N) is 1. The van der Waals surface area contributed by atoms with Crippen molar-refractivity contribution in [1.82, 2.24) is 15.2 Å². The van der Waals surface area contributed by atoms with Crippen molar-refractivity contribution >= 4 is 5.91 Å². The van der Waals surface area contributed by atoms with Gasteiger partial charge in [-0.05, 0) is 62.7 Å². The molecule has 1 aromatic heterocycles. The summed E-state index contributed by atoms with van der Waals surface area (Å²) in [5.74, 6) is 1.38. The quantitative estimate of drug-likeness (QED) is 0.878. The summed E-state index contributed by atoms with van der Waals surface area (Å²) in [5, 5.41) is 3.04. The Morgan fingerprint density at radius 2 is 2.09 bits per heavy atom. The lowest BCUT2D eigenvalue weighted by molar-refractivity contribution is -0.126. The first-order valence-electron chi connectivity index (χ1n) is 8.47. The molecule has 0 bridgehead atoms. The predicted octanol–water partition coefficient (Wildman–Crippen LogP) is 2.50. The van der Waals surface area contributed by atoms with E-state index in [0.717, 1.165) is 38.9 Å². The van der Waals surface area contributed by atoms with E-state index in [0.29, 0.717) is 11.8 Å². The minimum atomic E-state index is -0.0157. The number of amides is 1. The SMILES string of the molecule is CC(C)CNC(=O)[C@H](C)N1CCC(Cc2cccnc2)CC1. The zero-order chi connectivity index (χ0) is 15.9. The second-order valence-corrected chi connectivity index (χ2v) is 6.86. The largest absolute Gasteiger partial charge is 0.354 e. The summed E-state index contributed by atoms with van der Waals surface area (Å²) in [6.07, 6.45) is 7.22. The fraction of sp³-hybridized carbons (Fsp3) is 0.667. The van der Waals surface area contributed by atoms with Crippen LogP contribution in [0.1, 0.15) is 39.2 Å². The lowest BCUT2D eigenvalue weighted by Gasteiger charge is -2.35. The van der Waals surface area contributed by atoms with Gasteiger partial charge in [0.1, 0.15) is 0 Å². The molecule has 22 heavy (non-hydrogen) atoms. The Kier molecular flexibility index (Phi) is 6.37. The molecule has 0 aliphatic carbocycles. The van der Waals surface area contributed by atoms with Gasteiger partial charge in [-0.3, -0.25) is 14.7 Å². The molecule has 0 saturated carbocycles. The fourth-order valence-corrected chi connectivity index (χ4v) is 3.01. The highest BCUT2D eigenvalue weighted by atomic mass is 16.2. The minimum absolute atomic E-state index is 0.0157. The molecule has 1 N–H and O–H groups in total. The Balaban J connectivity index is 1.75. The zero-order valence-electron chi connectivity index (χ0n) is 14.1. The molecule has 1 amide bonds. The van der Waals surface area contributed by atoms with Crippen molar-refractivity contribution in [3.8, 4) is 0 Å². The van der Waals surface area contributed by atoms with E-state index in [-0.39, 0.29) is 11.9 Å². The van der Waals surface area contributed by atoms with Crippen LogP contribution in [0.2, 0.25) is 0 Å². The minimum Gasteiger partial charge on any atom is -0.354 e.